The van der Waals surface area contributed by atoms with E-state index >= 15 is 0 Å². The number of carbonyl (C=O) groups excluding carboxylic acids is 1. The van der Waals surface area contributed by atoms with E-state index in [1.165, 1.54) is 31.9 Å². The molecule has 0 radical (unpaired) electrons. The number of pyridine rings is 1. The van der Waals surface area contributed by atoms with Crippen molar-refractivity contribution in [1.82, 2.24) is 24.9 Å². The van der Waals surface area contributed by atoms with Crippen LogP contribution < -0.4 is 20.1 Å². The van der Waals surface area contributed by atoms with Crippen molar-refractivity contribution >= 4 is 34.3 Å². The standard InChI is InChI=1S/C25H17F4N7O3/c1-38-19-7-5-14(39-25(27,28)29)10-16(19)24(37)36-18-9-13(4-6-17(18)26)35-22-15(3-2-8-30-22)20-21-23(33-11-31-20)34-12-32-21/h2-12H,1H3,(H,30,35)(H,36,37)(H,31,32,33,34). The third-order valence-electron chi connectivity index (χ3n) is 5.41. The van der Waals surface area contributed by atoms with Crippen LogP contribution >= 0.6 is 0 Å². The predicted octanol–water partition coefficient (Wildman–Crippen LogP) is 5.46. The van der Waals surface area contributed by atoms with Crippen molar-refractivity contribution in [2.75, 3.05) is 17.7 Å². The lowest BCUT2D eigenvalue weighted by Crippen LogP contribution is -2.18. The number of benzene rings is 2. The number of nitrogens with one attached hydrogen (secondary N) is 3. The van der Waals surface area contributed by atoms with Crippen molar-refractivity contribution in [3.05, 3.63) is 78.8 Å². The third kappa shape index (κ3) is 5.53. The molecule has 0 saturated carbocycles. The van der Waals surface area contributed by atoms with Gasteiger partial charge < -0.3 is 25.1 Å². The van der Waals surface area contributed by atoms with Gasteiger partial charge in [-0.1, -0.05) is 0 Å². The van der Waals surface area contributed by atoms with Gasteiger partial charge in [0.2, 0.25) is 0 Å². The Balaban J connectivity index is 1.43. The van der Waals surface area contributed by atoms with E-state index in [0.29, 0.717) is 33.9 Å². The molecule has 0 unspecified atom stereocenters. The Morgan fingerprint density at radius 1 is 1.03 bits per heavy atom. The number of aromatic nitrogens is 5. The molecule has 10 nitrogen and oxygen atoms in total. The summed E-state index contributed by atoms with van der Waals surface area (Å²) in [4.78, 5) is 32.8. The molecular weight excluding hydrogens is 522 g/mol. The molecule has 0 aliphatic carbocycles. The summed E-state index contributed by atoms with van der Waals surface area (Å²) in [6.45, 7) is 0. The van der Waals surface area contributed by atoms with Crippen molar-refractivity contribution in [2.45, 2.75) is 6.36 Å². The first-order valence-electron chi connectivity index (χ1n) is 11.1. The molecule has 0 bridgehead atoms. The Bertz CT molecular complexity index is 1670. The van der Waals surface area contributed by atoms with Gasteiger partial charge in [-0.05, 0) is 48.5 Å². The van der Waals surface area contributed by atoms with E-state index in [1.54, 1.807) is 18.3 Å². The summed E-state index contributed by atoms with van der Waals surface area (Å²) in [5.74, 6) is -2.01. The van der Waals surface area contributed by atoms with Gasteiger partial charge in [0.25, 0.3) is 5.91 Å². The summed E-state index contributed by atoms with van der Waals surface area (Å²) < 4.78 is 61.6. The maximum atomic E-state index is 14.7. The zero-order valence-corrected chi connectivity index (χ0v) is 19.9. The fourth-order valence-corrected chi connectivity index (χ4v) is 3.75. The molecule has 5 aromatic rings. The van der Waals surface area contributed by atoms with Crippen molar-refractivity contribution < 1.29 is 31.8 Å². The number of fused-ring (bicyclic) bond motifs is 1. The summed E-state index contributed by atoms with van der Waals surface area (Å²) in [6.07, 6.45) is -0.565. The number of amides is 1. The molecule has 1 amide bonds. The number of H-pyrrole nitrogens is 1. The van der Waals surface area contributed by atoms with Gasteiger partial charge in [-0.15, -0.1) is 13.2 Å². The van der Waals surface area contributed by atoms with Crippen molar-refractivity contribution in [1.29, 1.82) is 0 Å². The molecule has 0 saturated heterocycles. The number of methoxy groups -OCH3 is 1. The Labute approximate surface area is 217 Å². The van der Waals surface area contributed by atoms with Crippen LogP contribution in [0.25, 0.3) is 22.4 Å². The van der Waals surface area contributed by atoms with E-state index in [1.807, 2.05) is 0 Å². The number of alkyl halides is 3. The van der Waals surface area contributed by atoms with Gasteiger partial charge >= 0.3 is 6.36 Å². The number of hydrogen-bond acceptors (Lipinski definition) is 8. The van der Waals surface area contributed by atoms with E-state index < -0.39 is 23.8 Å². The zero-order valence-electron chi connectivity index (χ0n) is 19.9. The second-order valence-corrected chi connectivity index (χ2v) is 7.91. The molecule has 0 atom stereocenters. The lowest BCUT2D eigenvalue weighted by Gasteiger charge is -2.15. The van der Waals surface area contributed by atoms with Crippen LogP contribution in [-0.2, 0) is 0 Å². The summed E-state index contributed by atoms with van der Waals surface area (Å²) in [5.41, 5.74) is 1.98. The number of ether oxygens (including phenoxy) is 2. The molecular formula is C25H17F4N7O3. The van der Waals surface area contributed by atoms with Gasteiger partial charge in [-0.25, -0.2) is 24.3 Å². The van der Waals surface area contributed by atoms with Crippen LogP contribution in [0.1, 0.15) is 10.4 Å². The van der Waals surface area contributed by atoms with Crippen molar-refractivity contribution in [2.24, 2.45) is 0 Å². The fraction of sp³-hybridized carbons (Fsp3) is 0.0800. The minimum Gasteiger partial charge on any atom is -0.496 e. The quantitative estimate of drug-likeness (QED) is 0.233. The van der Waals surface area contributed by atoms with Gasteiger partial charge in [-0.2, -0.15) is 0 Å². The highest BCUT2D eigenvalue weighted by atomic mass is 19.4. The number of hydrogen-bond donors (Lipinski definition) is 3. The summed E-state index contributed by atoms with van der Waals surface area (Å²) in [6, 6.07) is 10.3. The molecule has 0 fully saturated rings. The molecule has 3 aromatic heterocycles. The van der Waals surface area contributed by atoms with Gasteiger partial charge in [0.05, 0.1) is 24.7 Å². The molecule has 3 N–H and O–H groups in total. The highest BCUT2D eigenvalue weighted by molar-refractivity contribution is 6.06. The van der Waals surface area contributed by atoms with Crippen molar-refractivity contribution in [3.8, 4) is 22.8 Å². The smallest absolute Gasteiger partial charge is 0.496 e. The summed E-state index contributed by atoms with van der Waals surface area (Å²) in [7, 11) is 1.24. The first-order valence-corrected chi connectivity index (χ1v) is 11.1. The second-order valence-electron chi connectivity index (χ2n) is 7.91. The average molecular weight is 539 g/mol. The topological polar surface area (TPSA) is 127 Å². The van der Waals surface area contributed by atoms with Gasteiger partial charge in [0, 0.05) is 17.4 Å². The normalized spacial score (nSPS) is 11.3. The average Bonchev–Trinajstić information content (AvgIpc) is 3.39. The monoisotopic (exact) mass is 539 g/mol. The molecule has 0 aliphatic rings. The highest BCUT2D eigenvalue weighted by Crippen LogP contribution is 2.32. The van der Waals surface area contributed by atoms with Crippen LogP contribution in [0.5, 0.6) is 11.5 Å². The van der Waals surface area contributed by atoms with Crippen molar-refractivity contribution in [3.63, 3.8) is 0 Å². The lowest BCUT2D eigenvalue weighted by molar-refractivity contribution is -0.274. The minimum atomic E-state index is -4.96. The van der Waals surface area contributed by atoms with E-state index in [0.717, 1.165) is 24.3 Å². The number of rotatable bonds is 7. The molecule has 14 heteroatoms. The zero-order chi connectivity index (χ0) is 27.6. The Kier molecular flexibility index (Phi) is 6.66. The van der Waals surface area contributed by atoms with Crippen LogP contribution in [0.15, 0.2) is 67.4 Å². The van der Waals surface area contributed by atoms with Crippen LogP contribution in [0.3, 0.4) is 0 Å². The first kappa shape index (κ1) is 25.4. The Morgan fingerprint density at radius 3 is 2.67 bits per heavy atom. The Morgan fingerprint density at radius 2 is 1.87 bits per heavy atom. The van der Waals surface area contributed by atoms with Gasteiger partial charge in [0.1, 0.15) is 40.7 Å². The molecule has 39 heavy (non-hydrogen) atoms. The highest BCUT2D eigenvalue weighted by Gasteiger charge is 2.31. The van der Waals surface area contributed by atoms with Crippen LogP contribution in [0, 0.1) is 5.82 Å². The van der Waals surface area contributed by atoms with E-state index in [4.69, 9.17) is 4.74 Å². The SMILES string of the molecule is COc1ccc(OC(F)(F)F)cc1C(=O)Nc1cc(Nc2ncccc2-c2ncnc3nc[nH]c23)ccc1F. The molecule has 0 spiro atoms. The maximum absolute atomic E-state index is 14.7. The molecule has 3 heterocycles. The molecule has 2 aromatic carbocycles. The Hall–Kier alpha value is -5.27. The number of carbonyl (C=O) groups is 1. The maximum Gasteiger partial charge on any atom is 0.573 e. The van der Waals surface area contributed by atoms with Gasteiger partial charge in [-0.3, -0.25) is 4.79 Å². The molecule has 198 valence electrons. The molecule has 5 rings (SSSR count). The number of anilines is 3. The van der Waals surface area contributed by atoms with E-state index in [2.05, 4.69) is 40.3 Å². The number of nitrogens with zero attached hydrogens (tertiary/aromatic N) is 4. The largest absolute Gasteiger partial charge is 0.573 e. The van der Waals surface area contributed by atoms with E-state index in [-0.39, 0.29) is 17.0 Å². The molecule has 0 aliphatic heterocycles. The van der Waals surface area contributed by atoms with Gasteiger partial charge in [0.15, 0.2) is 5.65 Å². The number of halogens is 4. The van der Waals surface area contributed by atoms with Crippen LogP contribution in [0.2, 0.25) is 0 Å². The van der Waals surface area contributed by atoms with Crippen LogP contribution in [-0.4, -0.2) is 44.3 Å². The minimum absolute atomic E-state index is 0.0372. The fourth-order valence-electron chi connectivity index (χ4n) is 3.75. The summed E-state index contributed by atoms with van der Waals surface area (Å²) >= 11 is 0. The summed E-state index contributed by atoms with van der Waals surface area (Å²) in [5, 5.41) is 5.43. The second kappa shape index (κ2) is 10.2. The van der Waals surface area contributed by atoms with Crippen LogP contribution in [0.4, 0.5) is 34.8 Å². The number of imidazole rings is 1. The number of aromatic amines is 1. The van der Waals surface area contributed by atoms with E-state index in [9.17, 15) is 22.4 Å². The predicted molar refractivity (Wildman–Crippen MR) is 132 cm³/mol. The first-order chi connectivity index (χ1) is 18.7. The lowest BCUT2D eigenvalue weighted by atomic mass is 10.1. The third-order valence-corrected chi connectivity index (χ3v) is 5.41.